The van der Waals surface area contributed by atoms with E-state index in [4.69, 9.17) is 9.57 Å². The number of nitrogens with one attached hydrogen (secondary N) is 2. The average molecular weight is 771 g/mol. The highest BCUT2D eigenvalue weighted by Crippen LogP contribution is 2.61. The van der Waals surface area contributed by atoms with Crippen LogP contribution in [0.3, 0.4) is 0 Å². The molecule has 0 radical (unpaired) electrons. The molecule has 1 saturated heterocycles. The summed E-state index contributed by atoms with van der Waals surface area (Å²) in [5.41, 5.74) is 4.90. The number of hydrogen-bond acceptors (Lipinski definition) is 10. The van der Waals surface area contributed by atoms with Gasteiger partial charge in [-0.2, -0.15) is 5.06 Å². The summed E-state index contributed by atoms with van der Waals surface area (Å²) in [6.45, 7) is 9.89. The zero-order valence-electron chi connectivity index (χ0n) is 34.4. The van der Waals surface area contributed by atoms with Crippen LogP contribution in [-0.2, 0) is 22.6 Å². The van der Waals surface area contributed by atoms with Gasteiger partial charge in [-0.3, -0.25) is 19.4 Å². The van der Waals surface area contributed by atoms with Gasteiger partial charge >= 0.3 is 0 Å². The van der Waals surface area contributed by atoms with Crippen molar-refractivity contribution in [2.75, 3.05) is 59.4 Å². The number of anilines is 1. The first-order valence-corrected chi connectivity index (χ1v) is 20.1. The van der Waals surface area contributed by atoms with Crippen molar-refractivity contribution in [1.29, 1.82) is 0 Å². The first kappa shape index (κ1) is 41.6. The number of nitrogens with zero attached hydrogens (tertiary/aromatic N) is 4. The second-order valence-electron chi connectivity index (χ2n) is 17.2. The molecule has 12 heteroatoms. The summed E-state index contributed by atoms with van der Waals surface area (Å²) >= 11 is 0. The van der Waals surface area contributed by atoms with Crippen LogP contribution >= 0.6 is 0 Å². The molecule has 0 spiro atoms. The molecule has 3 saturated carbocycles. The third kappa shape index (κ3) is 8.89. The predicted molar refractivity (Wildman–Crippen MR) is 218 cm³/mol. The van der Waals surface area contributed by atoms with E-state index in [-0.39, 0.29) is 36.4 Å². The molecule has 2 aromatic carbocycles. The molecule has 3 aliphatic carbocycles. The van der Waals surface area contributed by atoms with Gasteiger partial charge < -0.3 is 35.4 Å². The molecule has 2 bridgehead atoms. The fourth-order valence-electron chi connectivity index (χ4n) is 9.20. The fraction of sp³-hybridized carbons (Fsp3) is 0.568. The van der Waals surface area contributed by atoms with E-state index in [1.165, 1.54) is 6.42 Å². The van der Waals surface area contributed by atoms with Gasteiger partial charge in [0, 0.05) is 79.8 Å². The number of para-hydroxylation sites is 1. The van der Waals surface area contributed by atoms with Crippen molar-refractivity contribution in [3.05, 3.63) is 77.6 Å². The van der Waals surface area contributed by atoms with Gasteiger partial charge in [0.15, 0.2) is 0 Å². The molecule has 4 N–H and O–H groups in total. The first-order valence-electron chi connectivity index (χ1n) is 20.1. The number of ether oxygens (including phenoxy) is 1. The number of fused-ring (bicyclic) bond motifs is 2. The molecule has 8 atom stereocenters. The highest BCUT2D eigenvalue weighted by atomic mass is 16.7. The van der Waals surface area contributed by atoms with Crippen molar-refractivity contribution < 1.29 is 29.4 Å². The smallest absolute Gasteiger partial charge is 0.251 e. The molecule has 2 amide bonds. The van der Waals surface area contributed by atoms with Gasteiger partial charge in [-0.05, 0) is 92.9 Å². The minimum Gasteiger partial charge on any atom is -0.491 e. The molecule has 7 rings (SSSR count). The monoisotopic (exact) mass is 770 g/mol. The number of aromatic nitrogens is 1. The largest absolute Gasteiger partial charge is 0.491 e. The summed E-state index contributed by atoms with van der Waals surface area (Å²) in [5, 5.41) is 29.5. The van der Waals surface area contributed by atoms with E-state index < -0.39 is 24.2 Å². The third-order valence-corrected chi connectivity index (χ3v) is 12.7. The highest BCUT2D eigenvalue weighted by Gasteiger charge is 2.57. The molecule has 2 heterocycles. The lowest BCUT2D eigenvalue weighted by Gasteiger charge is -2.62. The second-order valence-corrected chi connectivity index (χ2v) is 17.2. The molecule has 3 aromatic rings. The maximum absolute atomic E-state index is 14.4. The third-order valence-electron chi connectivity index (χ3n) is 12.7. The van der Waals surface area contributed by atoms with Crippen LogP contribution in [0.1, 0.15) is 62.2 Å². The van der Waals surface area contributed by atoms with Crippen LogP contribution < -0.4 is 20.3 Å². The number of benzene rings is 2. The van der Waals surface area contributed by atoms with Crippen LogP contribution in [0.4, 0.5) is 5.69 Å². The van der Waals surface area contributed by atoms with E-state index in [1.807, 2.05) is 92.6 Å². The Morgan fingerprint density at radius 2 is 1.88 bits per heavy atom. The van der Waals surface area contributed by atoms with Crippen LogP contribution in [0.2, 0.25) is 0 Å². The Bertz CT molecular complexity index is 1820. The number of amides is 2. The van der Waals surface area contributed by atoms with Crippen LogP contribution in [0, 0.1) is 29.1 Å². The van der Waals surface area contributed by atoms with Gasteiger partial charge in [0.05, 0.1) is 19.3 Å². The van der Waals surface area contributed by atoms with Crippen molar-refractivity contribution >= 4 is 17.5 Å². The van der Waals surface area contributed by atoms with E-state index >= 15 is 0 Å². The summed E-state index contributed by atoms with van der Waals surface area (Å²) in [5.74, 6) is 1.01. The zero-order chi connectivity index (χ0) is 40.3. The average Bonchev–Trinajstić information content (AvgIpc) is 3.54. The van der Waals surface area contributed by atoms with E-state index in [1.54, 1.807) is 18.2 Å². The minimum absolute atomic E-state index is 0.0302. The van der Waals surface area contributed by atoms with Crippen LogP contribution in [0.5, 0.6) is 5.75 Å². The van der Waals surface area contributed by atoms with E-state index in [2.05, 4.69) is 36.4 Å². The molecule has 56 heavy (non-hydrogen) atoms. The maximum atomic E-state index is 14.4. The SMILES string of the molecule is C[C@@H]1[C@@H](NC(=O)[C@@H]2[C@H]([C@H](C)O)[C@H](CO)ON2Cc2cccc(-c3cc(C(=O)NCCc4ccccn4)cc(N(C)C)c3)c2OCCN(C)C)CC2C[C@@H]1C2(C)C. The van der Waals surface area contributed by atoms with Crippen molar-refractivity contribution in [3.8, 4) is 16.9 Å². The Kier molecular flexibility index (Phi) is 13.1. The Hall–Kier alpha value is -4.07. The number of carbonyl (C=O) groups excluding carboxylic acids is 2. The number of hydrogen-bond donors (Lipinski definition) is 4. The van der Waals surface area contributed by atoms with Gasteiger partial charge in [-0.1, -0.05) is 45.0 Å². The summed E-state index contributed by atoms with van der Waals surface area (Å²) in [7, 11) is 7.85. The summed E-state index contributed by atoms with van der Waals surface area (Å²) in [4.78, 5) is 42.7. The molecule has 12 nitrogen and oxygen atoms in total. The molecule has 4 fully saturated rings. The zero-order valence-corrected chi connectivity index (χ0v) is 34.4. The van der Waals surface area contributed by atoms with Crippen molar-refractivity contribution in [3.63, 3.8) is 0 Å². The Morgan fingerprint density at radius 1 is 1.09 bits per heavy atom. The summed E-state index contributed by atoms with van der Waals surface area (Å²) in [6.07, 6.45) is 2.81. The van der Waals surface area contributed by atoms with Crippen molar-refractivity contribution in [1.82, 2.24) is 25.6 Å². The Balaban J connectivity index is 1.31. The number of rotatable bonds is 16. The molecule has 1 unspecified atom stereocenters. The normalized spacial score (nSPS) is 26.0. The van der Waals surface area contributed by atoms with E-state index in [9.17, 15) is 19.8 Å². The first-order chi connectivity index (χ1) is 26.7. The minimum atomic E-state index is -0.909. The molecule has 304 valence electrons. The Labute approximate surface area is 332 Å². The van der Waals surface area contributed by atoms with Gasteiger partial charge in [0.25, 0.3) is 5.91 Å². The fourth-order valence-corrected chi connectivity index (χ4v) is 9.20. The lowest BCUT2D eigenvalue weighted by atomic mass is 9.45. The number of aliphatic hydroxyl groups is 2. The number of carbonyl (C=O) groups is 2. The Morgan fingerprint density at radius 3 is 2.52 bits per heavy atom. The quantitative estimate of drug-likeness (QED) is 0.166. The number of hydroxylamine groups is 2. The highest BCUT2D eigenvalue weighted by molar-refractivity contribution is 5.97. The van der Waals surface area contributed by atoms with E-state index in [0.29, 0.717) is 55.2 Å². The topological polar surface area (TPSA) is 140 Å². The second kappa shape index (κ2) is 17.6. The molecular formula is C44H62N6O6. The molecule has 4 aliphatic rings. The van der Waals surface area contributed by atoms with Gasteiger partial charge in [-0.25, -0.2) is 0 Å². The number of aliphatic hydroxyl groups excluding tert-OH is 2. The predicted octanol–water partition coefficient (Wildman–Crippen LogP) is 4.39. The standard InChI is InChI=1S/C44H62N6O6/c1-27-36-23-32(44(36,3)4)24-37(27)47-43(54)40-39(28(2)52)38(26-51)56-50(40)25-29-12-11-14-35(41(29)55-19-18-48(5)6)30-20-31(22-34(21-30)49(7)8)42(53)46-17-15-33-13-9-10-16-45-33/h9-14,16,20-22,27-28,32,36-40,51-52H,15,17-19,23-26H2,1-8H3,(H,46,53)(H,47,54)/t27-,28-,32?,36-,37-,38-,39+,40-/m0/s1. The van der Waals surface area contributed by atoms with Crippen LogP contribution in [0.25, 0.3) is 11.1 Å². The number of likely N-dealkylation sites (N-methyl/N-ethyl adjacent to an activating group) is 1. The van der Waals surface area contributed by atoms with Crippen molar-refractivity contribution in [2.24, 2.45) is 29.1 Å². The van der Waals surface area contributed by atoms with Crippen molar-refractivity contribution in [2.45, 2.75) is 77.8 Å². The lowest BCUT2D eigenvalue weighted by Crippen LogP contribution is -2.62. The summed E-state index contributed by atoms with van der Waals surface area (Å²) in [6, 6.07) is 16.6. The van der Waals surface area contributed by atoms with E-state index in [0.717, 1.165) is 34.5 Å². The number of pyridine rings is 1. The van der Waals surface area contributed by atoms with Gasteiger partial charge in [0.1, 0.15) is 24.5 Å². The summed E-state index contributed by atoms with van der Waals surface area (Å²) < 4.78 is 6.61. The van der Waals surface area contributed by atoms with Gasteiger partial charge in [0.2, 0.25) is 5.91 Å². The molecular weight excluding hydrogens is 709 g/mol. The molecule has 1 aliphatic heterocycles. The van der Waals surface area contributed by atoms with Gasteiger partial charge in [-0.15, -0.1) is 0 Å². The van der Waals surface area contributed by atoms with Crippen LogP contribution in [0.15, 0.2) is 60.8 Å². The lowest BCUT2D eigenvalue weighted by molar-refractivity contribution is -0.183. The maximum Gasteiger partial charge on any atom is 0.251 e. The van der Waals surface area contributed by atoms with Crippen LogP contribution in [-0.4, -0.2) is 116 Å². The molecule has 1 aromatic heterocycles.